The maximum Gasteiger partial charge on any atom is 0.229 e. The molecule has 9 heteroatoms. The number of rotatable bonds is 4. The number of piperidine rings is 1. The summed E-state index contributed by atoms with van der Waals surface area (Å²) in [5.41, 5.74) is 9.46. The topological polar surface area (TPSA) is 97.3 Å². The zero-order chi connectivity index (χ0) is 21.4. The first-order chi connectivity index (χ1) is 15.1. The van der Waals surface area contributed by atoms with Crippen molar-refractivity contribution in [3.63, 3.8) is 0 Å². The lowest BCUT2D eigenvalue weighted by atomic mass is 9.99. The van der Waals surface area contributed by atoms with E-state index in [2.05, 4.69) is 37.2 Å². The number of fused-ring (bicyclic) bond motifs is 1. The predicted octanol–water partition coefficient (Wildman–Crippen LogP) is 3.39. The molecule has 31 heavy (non-hydrogen) atoms. The second kappa shape index (κ2) is 7.92. The summed E-state index contributed by atoms with van der Waals surface area (Å²) >= 11 is 0. The Bertz CT molecular complexity index is 1220. The average molecular weight is 418 g/mol. The molecule has 1 aliphatic rings. The minimum absolute atomic E-state index is 0.141. The molecule has 0 saturated carbocycles. The number of pyridine rings is 2. The van der Waals surface area contributed by atoms with Crippen molar-refractivity contribution in [2.75, 3.05) is 16.8 Å². The van der Waals surface area contributed by atoms with Crippen LogP contribution in [0.2, 0.25) is 0 Å². The van der Waals surface area contributed by atoms with Gasteiger partial charge in [0, 0.05) is 31.0 Å². The van der Waals surface area contributed by atoms with Gasteiger partial charge in [0.05, 0.1) is 29.3 Å². The maximum absolute atomic E-state index is 14.2. The van der Waals surface area contributed by atoms with E-state index in [-0.39, 0.29) is 11.7 Å². The van der Waals surface area contributed by atoms with Crippen LogP contribution in [0.25, 0.3) is 16.9 Å². The number of nitrogens with one attached hydrogen (secondary N) is 1. The van der Waals surface area contributed by atoms with E-state index in [0.717, 1.165) is 36.3 Å². The van der Waals surface area contributed by atoms with Crippen LogP contribution in [-0.4, -0.2) is 43.2 Å². The highest BCUT2D eigenvalue weighted by atomic mass is 19.1. The van der Waals surface area contributed by atoms with Crippen LogP contribution in [0.4, 0.5) is 21.7 Å². The molecule has 4 aromatic heterocycles. The Hall–Kier alpha value is -3.59. The van der Waals surface area contributed by atoms with Crippen molar-refractivity contribution in [3.05, 3.63) is 60.9 Å². The van der Waals surface area contributed by atoms with Crippen LogP contribution >= 0.6 is 0 Å². The molecule has 5 heterocycles. The standard InChI is InChI=1S/C22H23FN8/c1-14-4-5-15(24)13-30(14)20-8-10-25-12-19(20)28-22-27-11-16-6-7-18(29-31(16)22)21-17(23)3-2-9-26-21/h2-3,6-12,14-15H,4-5,13,24H2,1H3,(H,27,28)/t14-,15+/m0/s1. The van der Waals surface area contributed by atoms with E-state index < -0.39 is 5.82 Å². The minimum atomic E-state index is -0.422. The fourth-order valence-electron chi connectivity index (χ4n) is 3.99. The third kappa shape index (κ3) is 3.68. The number of anilines is 3. The Morgan fingerprint density at radius 1 is 1.10 bits per heavy atom. The van der Waals surface area contributed by atoms with Gasteiger partial charge in [-0.1, -0.05) is 0 Å². The van der Waals surface area contributed by atoms with E-state index in [1.54, 1.807) is 41.4 Å². The van der Waals surface area contributed by atoms with Crippen molar-refractivity contribution < 1.29 is 4.39 Å². The lowest BCUT2D eigenvalue weighted by Gasteiger charge is -2.39. The lowest BCUT2D eigenvalue weighted by Crippen LogP contribution is -2.47. The Labute approximate surface area is 179 Å². The van der Waals surface area contributed by atoms with Gasteiger partial charge < -0.3 is 16.0 Å². The highest BCUT2D eigenvalue weighted by Crippen LogP contribution is 2.32. The van der Waals surface area contributed by atoms with E-state index >= 15 is 0 Å². The number of nitrogens with two attached hydrogens (primary N) is 1. The van der Waals surface area contributed by atoms with Crippen molar-refractivity contribution in [3.8, 4) is 11.4 Å². The summed E-state index contributed by atoms with van der Waals surface area (Å²) < 4.78 is 15.9. The van der Waals surface area contributed by atoms with Crippen LogP contribution in [0.15, 0.2) is 55.1 Å². The summed E-state index contributed by atoms with van der Waals surface area (Å²) in [6.07, 6.45) is 8.86. The van der Waals surface area contributed by atoms with E-state index in [1.165, 1.54) is 6.07 Å². The molecule has 1 saturated heterocycles. The van der Waals surface area contributed by atoms with Crippen LogP contribution in [0.1, 0.15) is 19.8 Å². The quantitative estimate of drug-likeness (QED) is 0.524. The smallest absolute Gasteiger partial charge is 0.229 e. The van der Waals surface area contributed by atoms with Gasteiger partial charge in [-0.2, -0.15) is 9.61 Å². The van der Waals surface area contributed by atoms with Crippen LogP contribution in [0.3, 0.4) is 0 Å². The normalized spacial score (nSPS) is 19.0. The first-order valence-electron chi connectivity index (χ1n) is 10.3. The molecule has 5 rings (SSSR count). The molecule has 0 bridgehead atoms. The van der Waals surface area contributed by atoms with Crippen molar-refractivity contribution in [1.29, 1.82) is 0 Å². The van der Waals surface area contributed by atoms with Gasteiger partial charge in [0.2, 0.25) is 5.95 Å². The van der Waals surface area contributed by atoms with Crippen molar-refractivity contribution >= 4 is 22.8 Å². The molecular formula is C22H23FN8. The summed E-state index contributed by atoms with van der Waals surface area (Å²) in [6, 6.07) is 8.99. The Morgan fingerprint density at radius 3 is 2.87 bits per heavy atom. The molecule has 0 aromatic carbocycles. The SMILES string of the molecule is C[C@H]1CC[C@@H](N)CN1c1ccncc1Nc1ncc2ccc(-c3ncccc3F)nn12. The molecule has 0 amide bonds. The summed E-state index contributed by atoms with van der Waals surface area (Å²) in [5.74, 6) is 0.0883. The minimum Gasteiger partial charge on any atom is -0.366 e. The number of hydrogen-bond donors (Lipinski definition) is 2. The Kier molecular flexibility index (Phi) is 4.95. The van der Waals surface area contributed by atoms with Gasteiger partial charge in [0.1, 0.15) is 11.4 Å². The number of nitrogens with zero attached hydrogens (tertiary/aromatic N) is 6. The number of aromatic nitrogens is 5. The monoisotopic (exact) mass is 418 g/mol. The first kappa shape index (κ1) is 19.4. The van der Waals surface area contributed by atoms with Gasteiger partial charge in [0.25, 0.3) is 0 Å². The van der Waals surface area contributed by atoms with Crippen LogP contribution in [0, 0.1) is 5.82 Å². The Balaban J connectivity index is 1.52. The summed E-state index contributed by atoms with van der Waals surface area (Å²) in [4.78, 5) is 15.2. The van der Waals surface area contributed by atoms with Gasteiger partial charge in [-0.15, -0.1) is 0 Å². The fourth-order valence-corrected chi connectivity index (χ4v) is 3.99. The zero-order valence-corrected chi connectivity index (χ0v) is 17.1. The highest BCUT2D eigenvalue weighted by molar-refractivity contribution is 5.74. The molecule has 3 N–H and O–H groups in total. The highest BCUT2D eigenvalue weighted by Gasteiger charge is 2.25. The van der Waals surface area contributed by atoms with Crippen molar-refractivity contribution in [2.24, 2.45) is 5.73 Å². The predicted molar refractivity (Wildman–Crippen MR) is 118 cm³/mol. The average Bonchev–Trinajstić information content (AvgIpc) is 3.18. The molecule has 1 aliphatic heterocycles. The summed E-state index contributed by atoms with van der Waals surface area (Å²) in [5, 5.41) is 7.92. The fraction of sp³-hybridized carbons (Fsp3) is 0.273. The summed E-state index contributed by atoms with van der Waals surface area (Å²) in [7, 11) is 0. The van der Waals surface area contributed by atoms with Crippen molar-refractivity contribution in [2.45, 2.75) is 31.8 Å². The number of imidazole rings is 1. The first-order valence-corrected chi connectivity index (χ1v) is 10.3. The van der Waals surface area contributed by atoms with Crippen LogP contribution < -0.4 is 16.0 Å². The van der Waals surface area contributed by atoms with E-state index in [9.17, 15) is 4.39 Å². The Morgan fingerprint density at radius 2 is 2.00 bits per heavy atom. The maximum atomic E-state index is 14.2. The molecule has 0 aliphatic carbocycles. The molecule has 158 valence electrons. The molecule has 0 unspecified atom stereocenters. The zero-order valence-electron chi connectivity index (χ0n) is 17.1. The lowest BCUT2D eigenvalue weighted by molar-refractivity contribution is 0.437. The molecule has 0 spiro atoms. The third-order valence-electron chi connectivity index (χ3n) is 5.66. The van der Waals surface area contributed by atoms with Crippen LogP contribution in [0.5, 0.6) is 0 Å². The molecular weight excluding hydrogens is 395 g/mol. The largest absolute Gasteiger partial charge is 0.366 e. The van der Waals surface area contributed by atoms with E-state index in [1.807, 2.05) is 12.1 Å². The molecule has 8 nitrogen and oxygen atoms in total. The van der Waals surface area contributed by atoms with E-state index in [0.29, 0.717) is 17.7 Å². The van der Waals surface area contributed by atoms with Crippen LogP contribution in [-0.2, 0) is 0 Å². The number of halogens is 1. The second-order valence-corrected chi connectivity index (χ2v) is 7.83. The summed E-state index contributed by atoms with van der Waals surface area (Å²) in [6.45, 7) is 2.99. The second-order valence-electron chi connectivity index (χ2n) is 7.83. The third-order valence-corrected chi connectivity index (χ3v) is 5.66. The molecule has 2 atom stereocenters. The van der Waals surface area contributed by atoms with Gasteiger partial charge in [-0.05, 0) is 50.1 Å². The van der Waals surface area contributed by atoms with E-state index in [4.69, 9.17) is 5.73 Å². The molecule has 4 aromatic rings. The molecule has 0 radical (unpaired) electrons. The molecule has 1 fully saturated rings. The number of hydrogen-bond acceptors (Lipinski definition) is 7. The van der Waals surface area contributed by atoms with Crippen molar-refractivity contribution in [1.82, 2.24) is 24.6 Å². The van der Waals surface area contributed by atoms with Gasteiger partial charge in [0.15, 0.2) is 5.82 Å². The van der Waals surface area contributed by atoms with Gasteiger partial charge >= 0.3 is 0 Å². The van der Waals surface area contributed by atoms with Gasteiger partial charge in [-0.3, -0.25) is 9.97 Å². The van der Waals surface area contributed by atoms with Gasteiger partial charge in [-0.25, -0.2) is 9.37 Å².